The zero-order chi connectivity index (χ0) is 30.7. The number of nitrogens with zero attached hydrogens (tertiary/aromatic N) is 1. The van der Waals surface area contributed by atoms with Gasteiger partial charge in [0, 0.05) is 11.9 Å². The number of ether oxygens (including phenoxy) is 2. The highest BCUT2D eigenvalue weighted by Crippen LogP contribution is 2.47. The van der Waals surface area contributed by atoms with E-state index in [0.29, 0.717) is 5.70 Å². The lowest BCUT2D eigenvalue weighted by molar-refractivity contribution is -0.149. The standard InChI is InChI=1S/C29H35FN3O8P/c1-18(2)39-26(35)20(4)32-42(37,41-23-13-11-22(12-14-23)21-9-7-6-8-10-21)38-17-24-25(34)29(5,30)27(40-24)33-16-15-19(3)31-28(33)36/h6-16,18,20,24-25,27,34H,3,17H2,1-2,4-5H3,(H,31,36)(H,32,37)/t20-,24+,25+,27+,29+,42?/m0/s1. The third-order valence-electron chi connectivity index (χ3n) is 6.56. The van der Waals surface area contributed by atoms with Gasteiger partial charge in [0.05, 0.1) is 12.7 Å². The zero-order valence-corrected chi connectivity index (χ0v) is 24.6. The third-order valence-corrected chi connectivity index (χ3v) is 8.20. The molecule has 4 rings (SSSR count). The quantitative estimate of drug-likeness (QED) is 0.248. The van der Waals surface area contributed by atoms with Crippen molar-refractivity contribution in [3.8, 4) is 16.9 Å². The first kappa shape index (κ1) is 31.4. The second-order valence-corrected chi connectivity index (χ2v) is 12.1. The van der Waals surface area contributed by atoms with Crippen molar-refractivity contribution in [1.29, 1.82) is 0 Å². The van der Waals surface area contributed by atoms with Crippen molar-refractivity contribution in [2.24, 2.45) is 0 Å². The Bertz CT molecular complexity index is 1370. The maximum Gasteiger partial charge on any atom is 0.459 e. The molecule has 13 heteroatoms. The minimum Gasteiger partial charge on any atom is -0.462 e. The Balaban J connectivity index is 1.52. The summed E-state index contributed by atoms with van der Waals surface area (Å²) < 4.78 is 51.8. The molecule has 3 N–H and O–H groups in total. The predicted molar refractivity (Wildman–Crippen MR) is 153 cm³/mol. The summed E-state index contributed by atoms with van der Waals surface area (Å²) in [4.78, 5) is 25.8. The van der Waals surface area contributed by atoms with E-state index in [1.807, 2.05) is 30.3 Å². The molecule has 0 spiro atoms. The number of rotatable bonds is 11. The molecule has 0 aliphatic carbocycles. The fraction of sp³-hybridized carbons (Fsp3) is 0.379. The Hall–Kier alpha value is -3.54. The molecule has 2 aliphatic rings. The average Bonchev–Trinajstić information content (AvgIpc) is 3.16. The lowest BCUT2D eigenvalue weighted by Gasteiger charge is -2.33. The number of allylic oxidation sites excluding steroid dienone is 1. The van der Waals surface area contributed by atoms with E-state index in [4.69, 9.17) is 18.5 Å². The second kappa shape index (κ2) is 12.8. The number of carbonyl (C=O) groups is 2. The van der Waals surface area contributed by atoms with Crippen molar-refractivity contribution >= 4 is 19.7 Å². The number of halogens is 1. The van der Waals surface area contributed by atoms with Crippen LogP contribution in [-0.2, 0) is 23.4 Å². The lowest BCUT2D eigenvalue weighted by atomic mass is 9.98. The van der Waals surface area contributed by atoms with Crippen LogP contribution in [0.4, 0.5) is 9.18 Å². The van der Waals surface area contributed by atoms with Gasteiger partial charge < -0.3 is 24.4 Å². The minimum absolute atomic E-state index is 0.159. The summed E-state index contributed by atoms with van der Waals surface area (Å²) >= 11 is 0. The van der Waals surface area contributed by atoms with Crippen LogP contribution in [0.5, 0.6) is 5.75 Å². The van der Waals surface area contributed by atoms with Gasteiger partial charge >= 0.3 is 19.7 Å². The molecule has 0 radical (unpaired) electrons. The van der Waals surface area contributed by atoms with Crippen molar-refractivity contribution in [3.63, 3.8) is 0 Å². The van der Waals surface area contributed by atoms with Crippen LogP contribution < -0.4 is 14.9 Å². The number of esters is 1. The molecule has 11 nitrogen and oxygen atoms in total. The molecule has 1 saturated heterocycles. The molecule has 1 unspecified atom stereocenters. The summed E-state index contributed by atoms with van der Waals surface area (Å²) in [6.45, 7) is 8.86. The number of hydrogen-bond donors (Lipinski definition) is 3. The summed E-state index contributed by atoms with van der Waals surface area (Å²) in [7, 11) is -4.36. The highest BCUT2D eigenvalue weighted by atomic mass is 31.2. The monoisotopic (exact) mass is 603 g/mol. The van der Waals surface area contributed by atoms with Crippen LogP contribution in [-0.4, -0.2) is 64.9 Å². The SMILES string of the molecule is C=C1C=CN([C@@H]2O[C@H](COP(=O)(N[C@@H](C)C(=O)OC(C)C)Oc3ccc(-c4ccccc4)cc3)[C@@H](O)[C@@]2(C)F)C(=O)N1. The molecule has 0 aromatic heterocycles. The van der Waals surface area contributed by atoms with E-state index in [1.165, 1.54) is 19.2 Å². The van der Waals surface area contributed by atoms with E-state index < -0.39 is 62.6 Å². The summed E-state index contributed by atoms with van der Waals surface area (Å²) in [6, 6.07) is 14.5. The number of aliphatic hydroxyl groups excluding tert-OH is 1. The van der Waals surface area contributed by atoms with E-state index >= 15 is 4.39 Å². The van der Waals surface area contributed by atoms with Crippen LogP contribution in [0.1, 0.15) is 27.7 Å². The third kappa shape index (κ3) is 7.26. The fourth-order valence-electron chi connectivity index (χ4n) is 4.38. The zero-order valence-electron chi connectivity index (χ0n) is 23.7. The number of nitrogens with one attached hydrogen (secondary N) is 2. The maximum absolute atomic E-state index is 15.7. The predicted octanol–water partition coefficient (Wildman–Crippen LogP) is 4.65. The first-order valence-electron chi connectivity index (χ1n) is 13.4. The smallest absolute Gasteiger partial charge is 0.459 e. The van der Waals surface area contributed by atoms with Crippen LogP contribution in [0, 0.1) is 0 Å². The van der Waals surface area contributed by atoms with Crippen LogP contribution in [0.2, 0.25) is 0 Å². The van der Waals surface area contributed by atoms with E-state index in [1.54, 1.807) is 38.1 Å². The summed E-state index contributed by atoms with van der Waals surface area (Å²) in [5.41, 5.74) is -0.268. The largest absolute Gasteiger partial charge is 0.462 e. The van der Waals surface area contributed by atoms with Gasteiger partial charge in [-0.25, -0.2) is 13.8 Å². The van der Waals surface area contributed by atoms with Gasteiger partial charge in [0.2, 0.25) is 0 Å². The van der Waals surface area contributed by atoms with Crippen LogP contribution in [0.3, 0.4) is 0 Å². The van der Waals surface area contributed by atoms with Crippen LogP contribution in [0.25, 0.3) is 11.1 Å². The molecule has 42 heavy (non-hydrogen) atoms. The van der Waals surface area contributed by atoms with Gasteiger partial charge in [0.15, 0.2) is 11.9 Å². The summed E-state index contributed by atoms with van der Waals surface area (Å²) in [5, 5.41) is 15.7. The van der Waals surface area contributed by atoms with Gasteiger partial charge in [0.25, 0.3) is 0 Å². The van der Waals surface area contributed by atoms with E-state index in [-0.39, 0.29) is 5.75 Å². The molecule has 2 aliphatic heterocycles. The van der Waals surface area contributed by atoms with Crippen LogP contribution in [0.15, 0.2) is 79.1 Å². The van der Waals surface area contributed by atoms with Crippen molar-refractivity contribution < 1.29 is 42.2 Å². The number of carbonyl (C=O) groups excluding carboxylic acids is 2. The molecular formula is C29H35FN3O8P. The molecular weight excluding hydrogens is 568 g/mol. The van der Waals surface area contributed by atoms with Gasteiger partial charge in [-0.05, 0) is 57.0 Å². The number of alkyl halides is 1. The van der Waals surface area contributed by atoms with Crippen molar-refractivity contribution in [2.45, 2.75) is 63.9 Å². The first-order valence-corrected chi connectivity index (χ1v) is 14.9. The highest BCUT2D eigenvalue weighted by Gasteiger charge is 2.57. The Labute approximate surface area is 243 Å². The molecule has 226 valence electrons. The van der Waals surface area contributed by atoms with Gasteiger partial charge in [-0.3, -0.25) is 14.2 Å². The Morgan fingerprint density at radius 1 is 1.19 bits per heavy atom. The summed E-state index contributed by atoms with van der Waals surface area (Å²) in [5.74, 6) is -0.540. The minimum atomic E-state index is -4.36. The number of amides is 2. The number of urea groups is 1. The van der Waals surface area contributed by atoms with Crippen LogP contribution >= 0.6 is 7.75 Å². The fourth-order valence-corrected chi connectivity index (χ4v) is 5.88. The Kier molecular flexibility index (Phi) is 9.54. The second-order valence-electron chi connectivity index (χ2n) is 10.4. The van der Waals surface area contributed by atoms with Crippen molar-refractivity contribution in [3.05, 3.63) is 79.1 Å². The highest BCUT2D eigenvalue weighted by molar-refractivity contribution is 7.52. The van der Waals surface area contributed by atoms with Gasteiger partial charge in [-0.2, -0.15) is 5.09 Å². The van der Waals surface area contributed by atoms with Gasteiger partial charge in [-0.15, -0.1) is 0 Å². The molecule has 2 amide bonds. The van der Waals surface area contributed by atoms with Gasteiger partial charge in [-0.1, -0.05) is 49.0 Å². The normalized spacial score (nSPS) is 26.1. The van der Waals surface area contributed by atoms with E-state index in [0.717, 1.165) is 23.0 Å². The summed E-state index contributed by atoms with van der Waals surface area (Å²) in [6.07, 6.45) is -2.33. The molecule has 0 saturated carbocycles. The molecule has 2 heterocycles. The van der Waals surface area contributed by atoms with Crippen molar-refractivity contribution in [1.82, 2.24) is 15.3 Å². The average molecular weight is 604 g/mol. The first-order chi connectivity index (χ1) is 19.8. The van der Waals surface area contributed by atoms with Gasteiger partial charge in [0.1, 0.15) is 24.0 Å². The van der Waals surface area contributed by atoms with E-state index in [2.05, 4.69) is 17.0 Å². The maximum atomic E-state index is 15.7. The molecule has 0 bridgehead atoms. The lowest BCUT2D eigenvalue weighted by Crippen LogP contribution is -2.53. The van der Waals surface area contributed by atoms with E-state index in [9.17, 15) is 19.3 Å². The molecule has 2 aromatic carbocycles. The molecule has 1 fully saturated rings. The Morgan fingerprint density at radius 3 is 2.45 bits per heavy atom. The molecule has 6 atom stereocenters. The topological polar surface area (TPSA) is 136 Å². The number of benzene rings is 2. The molecule has 2 aromatic rings. The number of hydrogen-bond acceptors (Lipinski definition) is 8. The van der Waals surface area contributed by atoms with Crippen molar-refractivity contribution in [2.75, 3.05) is 6.61 Å². The Morgan fingerprint density at radius 2 is 1.83 bits per heavy atom. The number of aliphatic hydroxyl groups is 1.